The number of rotatable bonds is 2. The molecular formula is C14H11ClO3. The monoisotopic (exact) mass is 262 g/mol. The molecule has 0 bridgehead atoms. The van der Waals surface area contributed by atoms with Crippen molar-refractivity contribution in [3.05, 3.63) is 47.5 Å². The number of para-hydroxylation sites is 1. The van der Waals surface area contributed by atoms with Gasteiger partial charge in [0.1, 0.15) is 19.0 Å². The summed E-state index contributed by atoms with van der Waals surface area (Å²) >= 11 is 5.92. The third kappa shape index (κ3) is 2.22. The van der Waals surface area contributed by atoms with Gasteiger partial charge >= 0.3 is 0 Å². The Kier molecular flexibility index (Phi) is 2.99. The second-order valence-electron chi connectivity index (χ2n) is 3.84. The third-order valence-corrected chi connectivity index (χ3v) is 2.79. The molecule has 92 valence electrons. The predicted molar refractivity (Wildman–Crippen MR) is 69.0 cm³/mol. The summed E-state index contributed by atoms with van der Waals surface area (Å²) in [5.74, 6) is 2.66. The van der Waals surface area contributed by atoms with E-state index in [4.69, 9.17) is 25.8 Å². The van der Waals surface area contributed by atoms with Crippen LogP contribution in [-0.4, -0.2) is 13.2 Å². The van der Waals surface area contributed by atoms with Crippen molar-refractivity contribution in [2.45, 2.75) is 0 Å². The molecule has 0 aliphatic carbocycles. The first-order chi connectivity index (χ1) is 8.83. The number of halogens is 1. The lowest BCUT2D eigenvalue weighted by Gasteiger charge is -2.20. The Labute approximate surface area is 110 Å². The quantitative estimate of drug-likeness (QED) is 0.821. The molecule has 0 unspecified atom stereocenters. The Hall–Kier alpha value is -1.87. The lowest BCUT2D eigenvalue weighted by Crippen LogP contribution is -2.15. The maximum absolute atomic E-state index is 5.92. The zero-order chi connectivity index (χ0) is 12.4. The van der Waals surface area contributed by atoms with Gasteiger partial charge in [0.25, 0.3) is 0 Å². The van der Waals surface area contributed by atoms with Crippen molar-refractivity contribution in [1.29, 1.82) is 0 Å². The maximum Gasteiger partial charge on any atom is 0.204 e. The van der Waals surface area contributed by atoms with Crippen LogP contribution >= 0.6 is 11.6 Å². The van der Waals surface area contributed by atoms with E-state index in [-0.39, 0.29) is 0 Å². The van der Waals surface area contributed by atoms with Gasteiger partial charge in [0.2, 0.25) is 5.75 Å². The molecule has 18 heavy (non-hydrogen) atoms. The van der Waals surface area contributed by atoms with Crippen molar-refractivity contribution in [1.82, 2.24) is 0 Å². The highest BCUT2D eigenvalue weighted by atomic mass is 35.5. The van der Waals surface area contributed by atoms with Crippen LogP contribution in [-0.2, 0) is 0 Å². The molecule has 1 aliphatic rings. The minimum Gasteiger partial charge on any atom is -0.486 e. The lowest BCUT2D eigenvalue weighted by molar-refractivity contribution is 0.166. The molecule has 0 amide bonds. The van der Waals surface area contributed by atoms with Gasteiger partial charge in [0.05, 0.1) is 0 Å². The summed E-state index contributed by atoms with van der Waals surface area (Å²) in [7, 11) is 0. The van der Waals surface area contributed by atoms with Crippen molar-refractivity contribution < 1.29 is 14.2 Å². The van der Waals surface area contributed by atoms with Crippen molar-refractivity contribution in [3.8, 4) is 23.0 Å². The molecule has 2 aromatic rings. The summed E-state index contributed by atoms with van der Waals surface area (Å²) in [5.41, 5.74) is 0. The molecule has 0 saturated heterocycles. The second kappa shape index (κ2) is 4.78. The van der Waals surface area contributed by atoms with Crippen molar-refractivity contribution in [3.63, 3.8) is 0 Å². The van der Waals surface area contributed by atoms with Crippen LogP contribution in [0.15, 0.2) is 42.5 Å². The molecular weight excluding hydrogens is 252 g/mol. The fourth-order valence-electron chi connectivity index (χ4n) is 1.78. The van der Waals surface area contributed by atoms with Gasteiger partial charge in [-0.25, -0.2) is 0 Å². The van der Waals surface area contributed by atoms with Crippen LogP contribution in [0.1, 0.15) is 0 Å². The minimum atomic E-state index is 0.531. The molecule has 1 heterocycles. The molecule has 0 fully saturated rings. The lowest BCUT2D eigenvalue weighted by atomic mass is 10.2. The smallest absolute Gasteiger partial charge is 0.204 e. The number of hydrogen-bond acceptors (Lipinski definition) is 3. The summed E-state index contributed by atoms with van der Waals surface area (Å²) in [6.45, 7) is 1.09. The number of fused-ring (bicyclic) bond motifs is 1. The largest absolute Gasteiger partial charge is 0.486 e. The van der Waals surface area contributed by atoms with Crippen LogP contribution in [0, 0.1) is 0 Å². The van der Waals surface area contributed by atoms with Gasteiger partial charge in [-0.2, -0.15) is 0 Å². The summed E-state index contributed by atoms with van der Waals surface area (Å²) in [5, 5.41) is 0.634. The summed E-state index contributed by atoms with van der Waals surface area (Å²) in [6, 6.07) is 12.8. The van der Waals surface area contributed by atoms with Crippen LogP contribution in [0.4, 0.5) is 0 Å². The summed E-state index contributed by atoms with van der Waals surface area (Å²) < 4.78 is 16.8. The topological polar surface area (TPSA) is 27.7 Å². The van der Waals surface area contributed by atoms with Gasteiger partial charge < -0.3 is 14.2 Å². The molecule has 0 aromatic heterocycles. The van der Waals surface area contributed by atoms with Crippen LogP contribution in [0.3, 0.4) is 0 Å². The third-order valence-electron chi connectivity index (χ3n) is 2.55. The van der Waals surface area contributed by atoms with Crippen LogP contribution in [0.25, 0.3) is 0 Å². The maximum atomic E-state index is 5.92. The normalized spacial score (nSPS) is 13.2. The number of ether oxygens (including phenoxy) is 3. The molecule has 0 saturated carbocycles. The van der Waals surface area contributed by atoms with Gasteiger partial charge in [-0.15, -0.1) is 0 Å². The molecule has 0 radical (unpaired) electrons. The van der Waals surface area contributed by atoms with Crippen molar-refractivity contribution in [2.75, 3.05) is 13.2 Å². The zero-order valence-corrected chi connectivity index (χ0v) is 10.3. The molecule has 3 rings (SSSR count). The molecule has 2 aromatic carbocycles. The van der Waals surface area contributed by atoms with E-state index in [0.717, 1.165) is 0 Å². The molecule has 0 spiro atoms. The van der Waals surface area contributed by atoms with E-state index < -0.39 is 0 Å². The van der Waals surface area contributed by atoms with Gasteiger partial charge in [-0.1, -0.05) is 23.7 Å². The highest BCUT2D eigenvalue weighted by Crippen LogP contribution is 2.41. The molecule has 3 nitrogen and oxygen atoms in total. The first-order valence-electron chi connectivity index (χ1n) is 5.65. The second-order valence-corrected chi connectivity index (χ2v) is 4.28. The Bertz CT molecular complexity index is 569. The van der Waals surface area contributed by atoms with Gasteiger partial charge in [0.15, 0.2) is 11.5 Å². The Morgan fingerprint density at radius 1 is 1.00 bits per heavy atom. The fourth-order valence-corrected chi connectivity index (χ4v) is 1.97. The van der Waals surface area contributed by atoms with Gasteiger partial charge in [-0.3, -0.25) is 0 Å². The molecule has 0 atom stereocenters. The van der Waals surface area contributed by atoms with Crippen LogP contribution < -0.4 is 14.2 Å². The molecule has 4 heteroatoms. The Balaban J connectivity index is 1.93. The van der Waals surface area contributed by atoms with Crippen molar-refractivity contribution >= 4 is 11.6 Å². The summed E-state index contributed by atoms with van der Waals surface area (Å²) in [4.78, 5) is 0. The van der Waals surface area contributed by atoms with Gasteiger partial charge in [0, 0.05) is 5.02 Å². The summed E-state index contributed by atoms with van der Waals surface area (Å²) in [6.07, 6.45) is 0. The first kappa shape index (κ1) is 11.2. The van der Waals surface area contributed by atoms with Crippen molar-refractivity contribution in [2.24, 2.45) is 0 Å². The number of hydrogen-bond donors (Lipinski definition) is 0. The average molecular weight is 263 g/mol. The minimum absolute atomic E-state index is 0.531. The van der Waals surface area contributed by atoms with Gasteiger partial charge in [-0.05, 0) is 30.3 Å². The highest BCUT2D eigenvalue weighted by Gasteiger charge is 2.17. The first-order valence-corrected chi connectivity index (χ1v) is 6.03. The van der Waals surface area contributed by atoms with E-state index in [2.05, 4.69) is 0 Å². The number of benzene rings is 2. The zero-order valence-electron chi connectivity index (χ0n) is 9.56. The van der Waals surface area contributed by atoms with E-state index in [0.29, 0.717) is 41.2 Å². The SMILES string of the molecule is Clc1cccc(Oc2cccc3c2OCCO3)c1. The van der Waals surface area contributed by atoms with E-state index >= 15 is 0 Å². The molecule has 1 aliphatic heterocycles. The van der Waals surface area contributed by atoms with E-state index in [9.17, 15) is 0 Å². The van der Waals surface area contributed by atoms with Crippen LogP contribution in [0.2, 0.25) is 5.02 Å². The molecule has 0 N–H and O–H groups in total. The van der Waals surface area contributed by atoms with E-state index in [1.54, 1.807) is 12.1 Å². The average Bonchev–Trinajstić information content (AvgIpc) is 2.39. The van der Waals surface area contributed by atoms with E-state index in [1.165, 1.54) is 0 Å². The highest BCUT2D eigenvalue weighted by molar-refractivity contribution is 6.30. The van der Waals surface area contributed by atoms with E-state index in [1.807, 2.05) is 30.3 Å². The standard InChI is InChI=1S/C14H11ClO3/c15-10-3-1-4-11(9-10)18-13-6-2-5-12-14(13)17-8-7-16-12/h1-6,9H,7-8H2. The Morgan fingerprint density at radius 3 is 2.72 bits per heavy atom. The fraction of sp³-hybridized carbons (Fsp3) is 0.143. The predicted octanol–water partition coefficient (Wildman–Crippen LogP) is 3.90. The Morgan fingerprint density at radius 2 is 1.83 bits per heavy atom. The van der Waals surface area contributed by atoms with Crippen LogP contribution in [0.5, 0.6) is 23.0 Å².